The van der Waals surface area contributed by atoms with Crippen LogP contribution in [0.5, 0.6) is 0 Å². The Morgan fingerprint density at radius 1 is 0.947 bits per heavy atom. The molecule has 0 radical (unpaired) electrons. The van der Waals surface area contributed by atoms with E-state index in [1.807, 2.05) is 6.07 Å². The predicted molar refractivity (Wildman–Crippen MR) is 79.0 cm³/mol. The van der Waals surface area contributed by atoms with E-state index in [1.54, 1.807) is 0 Å². The van der Waals surface area contributed by atoms with Crippen molar-refractivity contribution >= 4 is 17.3 Å². The van der Waals surface area contributed by atoms with Crippen molar-refractivity contribution in [3.05, 3.63) is 35.1 Å². The number of carbonyl (C=O) groups excluding carboxylic acids is 1. The molecular weight excluding hydrogens is 236 g/mol. The second-order valence-electron chi connectivity index (χ2n) is 7.21. The Balaban J connectivity index is 2.82. The fourth-order valence-corrected chi connectivity index (χ4v) is 2.22. The lowest BCUT2D eigenvalue weighted by atomic mass is 9.80. The van der Waals surface area contributed by atoms with Gasteiger partial charge in [-0.15, -0.1) is 0 Å². The largest absolute Gasteiger partial charge is 0.453 e. The highest BCUT2D eigenvalue weighted by Crippen LogP contribution is 2.36. The maximum atomic E-state index is 10.9. The number of rotatable bonds is 1. The Morgan fingerprint density at radius 3 is 2.05 bits per heavy atom. The highest BCUT2D eigenvalue weighted by atomic mass is 16.3. The molecule has 0 atom stereocenters. The van der Waals surface area contributed by atoms with Gasteiger partial charge in [-0.05, 0) is 28.5 Å². The van der Waals surface area contributed by atoms with Gasteiger partial charge in [0.2, 0.25) is 0 Å². The summed E-state index contributed by atoms with van der Waals surface area (Å²) in [6.45, 7) is 13.1. The molecule has 0 saturated carbocycles. The zero-order chi connectivity index (χ0) is 14.4. The molecule has 0 aliphatic carbocycles. The van der Waals surface area contributed by atoms with Crippen LogP contribution in [0, 0.1) is 0 Å². The molecule has 19 heavy (non-hydrogen) atoms. The van der Waals surface area contributed by atoms with Gasteiger partial charge < -0.3 is 4.42 Å². The molecule has 1 aromatic heterocycles. The third-order valence-electron chi connectivity index (χ3n) is 3.43. The normalized spacial score (nSPS) is 12.9. The molecule has 2 aromatic rings. The minimum Gasteiger partial charge on any atom is -0.453 e. The minimum absolute atomic E-state index is 0.0164. The Morgan fingerprint density at radius 2 is 1.58 bits per heavy atom. The monoisotopic (exact) mass is 258 g/mol. The van der Waals surface area contributed by atoms with Crippen LogP contribution >= 0.6 is 0 Å². The average Bonchev–Trinajstić information content (AvgIpc) is 2.67. The van der Waals surface area contributed by atoms with E-state index in [-0.39, 0.29) is 10.8 Å². The van der Waals surface area contributed by atoms with Crippen LogP contribution in [0.3, 0.4) is 0 Å². The highest BCUT2D eigenvalue weighted by molar-refractivity contribution is 5.88. The molecule has 2 nitrogen and oxygen atoms in total. The standard InChI is InChI=1S/C17H22O2/c1-16(2,3)12-7-11-8-13(10-18)19-15(11)14(9-12)17(4,5)6/h7-10H,1-6H3. The third kappa shape index (κ3) is 2.58. The fraction of sp³-hybridized carbons (Fsp3) is 0.471. The van der Waals surface area contributed by atoms with E-state index in [9.17, 15) is 4.79 Å². The van der Waals surface area contributed by atoms with E-state index in [2.05, 4.69) is 53.7 Å². The first kappa shape index (κ1) is 13.9. The van der Waals surface area contributed by atoms with E-state index in [0.29, 0.717) is 5.76 Å². The van der Waals surface area contributed by atoms with Gasteiger partial charge in [0.15, 0.2) is 12.0 Å². The first-order valence-electron chi connectivity index (χ1n) is 6.66. The second kappa shape index (κ2) is 4.22. The van der Waals surface area contributed by atoms with Gasteiger partial charge in [-0.2, -0.15) is 0 Å². The number of fused-ring (bicyclic) bond motifs is 1. The van der Waals surface area contributed by atoms with Crippen molar-refractivity contribution in [3.8, 4) is 0 Å². The quantitative estimate of drug-likeness (QED) is 0.685. The van der Waals surface area contributed by atoms with E-state index in [0.717, 1.165) is 22.8 Å². The predicted octanol–water partition coefficient (Wildman–Crippen LogP) is 4.84. The van der Waals surface area contributed by atoms with Gasteiger partial charge in [0.25, 0.3) is 0 Å². The zero-order valence-corrected chi connectivity index (χ0v) is 12.6. The van der Waals surface area contributed by atoms with Crippen LogP contribution in [0.15, 0.2) is 22.6 Å². The number of hydrogen-bond acceptors (Lipinski definition) is 2. The van der Waals surface area contributed by atoms with E-state index in [4.69, 9.17) is 4.42 Å². The molecular formula is C17H22O2. The molecule has 0 unspecified atom stereocenters. The van der Waals surface area contributed by atoms with Crippen molar-refractivity contribution in [2.45, 2.75) is 52.4 Å². The molecule has 0 aliphatic heterocycles. The molecule has 2 heteroatoms. The smallest absolute Gasteiger partial charge is 0.185 e. The molecule has 0 N–H and O–H groups in total. The molecule has 1 aromatic carbocycles. The zero-order valence-electron chi connectivity index (χ0n) is 12.6. The molecule has 0 amide bonds. The number of furan rings is 1. The van der Waals surface area contributed by atoms with Crippen molar-refractivity contribution in [2.24, 2.45) is 0 Å². The molecule has 0 saturated heterocycles. The first-order valence-corrected chi connectivity index (χ1v) is 6.66. The lowest BCUT2D eigenvalue weighted by Crippen LogP contribution is -2.16. The van der Waals surface area contributed by atoms with Gasteiger partial charge in [0, 0.05) is 10.9 Å². The number of benzene rings is 1. The summed E-state index contributed by atoms with van der Waals surface area (Å²) in [6, 6.07) is 6.16. The second-order valence-corrected chi connectivity index (χ2v) is 7.21. The number of carbonyl (C=O) groups is 1. The maximum absolute atomic E-state index is 10.9. The Labute approximate surface area is 114 Å². The van der Waals surface area contributed by atoms with Crippen LogP contribution < -0.4 is 0 Å². The van der Waals surface area contributed by atoms with Crippen molar-refractivity contribution in [3.63, 3.8) is 0 Å². The number of aldehydes is 1. The summed E-state index contributed by atoms with van der Waals surface area (Å²) in [5.41, 5.74) is 3.32. The summed E-state index contributed by atoms with van der Waals surface area (Å²) in [7, 11) is 0. The van der Waals surface area contributed by atoms with Crippen molar-refractivity contribution in [1.82, 2.24) is 0 Å². The Kier molecular flexibility index (Phi) is 3.08. The van der Waals surface area contributed by atoms with Crippen LogP contribution in [-0.2, 0) is 10.8 Å². The van der Waals surface area contributed by atoms with Gasteiger partial charge in [-0.1, -0.05) is 47.6 Å². The van der Waals surface area contributed by atoms with Crippen LogP contribution in [0.2, 0.25) is 0 Å². The van der Waals surface area contributed by atoms with Gasteiger partial charge in [0.1, 0.15) is 5.58 Å². The topological polar surface area (TPSA) is 30.2 Å². The Bertz CT molecular complexity index is 619. The SMILES string of the molecule is CC(C)(C)c1cc(C(C)(C)C)c2oc(C=O)cc2c1. The first-order chi connectivity index (χ1) is 8.63. The average molecular weight is 258 g/mol. The van der Waals surface area contributed by atoms with Gasteiger partial charge in [0.05, 0.1) is 0 Å². The third-order valence-corrected chi connectivity index (χ3v) is 3.43. The summed E-state index contributed by atoms with van der Waals surface area (Å²) in [4.78, 5) is 10.9. The molecule has 0 bridgehead atoms. The number of hydrogen-bond donors (Lipinski definition) is 0. The van der Waals surface area contributed by atoms with Gasteiger partial charge in [-0.3, -0.25) is 4.79 Å². The van der Waals surface area contributed by atoms with Crippen molar-refractivity contribution < 1.29 is 9.21 Å². The van der Waals surface area contributed by atoms with Crippen LogP contribution in [0.4, 0.5) is 0 Å². The van der Waals surface area contributed by atoms with Crippen LogP contribution in [-0.4, -0.2) is 6.29 Å². The van der Waals surface area contributed by atoms with E-state index >= 15 is 0 Å². The minimum atomic E-state index is -0.0164. The van der Waals surface area contributed by atoms with Gasteiger partial charge >= 0.3 is 0 Å². The van der Waals surface area contributed by atoms with E-state index in [1.165, 1.54) is 5.56 Å². The Hall–Kier alpha value is -1.57. The lowest BCUT2D eigenvalue weighted by molar-refractivity contribution is 0.110. The van der Waals surface area contributed by atoms with E-state index < -0.39 is 0 Å². The molecule has 0 aliphatic rings. The molecule has 2 rings (SSSR count). The maximum Gasteiger partial charge on any atom is 0.185 e. The highest BCUT2D eigenvalue weighted by Gasteiger charge is 2.24. The summed E-state index contributed by atoms with van der Waals surface area (Å²) in [5.74, 6) is 0.395. The summed E-state index contributed by atoms with van der Waals surface area (Å²) in [6.07, 6.45) is 0.767. The molecule has 0 fully saturated rings. The van der Waals surface area contributed by atoms with Gasteiger partial charge in [-0.25, -0.2) is 0 Å². The summed E-state index contributed by atoms with van der Waals surface area (Å²) < 4.78 is 5.67. The summed E-state index contributed by atoms with van der Waals surface area (Å²) in [5, 5.41) is 1.01. The van der Waals surface area contributed by atoms with Crippen molar-refractivity contribution in [1.29, 1.82) is 0 Å². The molecule has 0 spiro atoms. The molecule has 1 heterocycles. The lowest BCUT2D eigenvalue weighted by Gasteiger charge is -2.25. The fourth-order valence-electron chi connectivity index (χ4n) is 2.22. The van der Waals surface area contributed by atoms with Crippen LogP contribution in [0.1, 0.15) is 63.2 Å². The summed E-state index contributed by atoms with van der Waals surface area (Å²) >= 11 is 0. The molecule has 102 valence electrons. The van der Waals surface area contributed by atoms with Crippen molar-refractivity contribution in [2.75, 3.05) is 0 Å². The van der Waals surface area contributed by atoms with Crippen LogP contribution in [0.25, 0.3) is 11.0 Å².